The largest absolute Gasteiger partial charge is 0.455 e. The SMILES string of the molecule is Cc1ccc(/C=C/S(=O)(=O)NCC(=O)OCC(=O)NNC(=O)c2ccc([N+](=O)[O-])cc2)cc1. The lowest BCUT2D eigenvalue weighted by Crippen LogP contribution is -2.44. The van der Waals surface area contributed by atoms with Crippen molar-refractivity contribution >= 4 is 39.6 Å². The van der Waals surface area contributed by atoms with Gasteiger partial charge in [-0.15, -0.1) is 0 Å². The van der Waals surface area contributed by atoms with E-state index in [2.05, 4.69) is 4.74 Å². The van der Waals surface area contributed by atoms with Crippen molar-refractivity contribution in [3.05, 3.63) is 80.7 Å². The molecule has 0 saturated carbocycles. The smallest absolute Gasteiger partial charge is 0.321 e. The molecule has 0 heterocycles. The first-order chi connectivity index (χ1) is 15.6. The molecule has 2 aromatic rings. The summed E-state index contributed by atoms with van der Waals surface area (Å²) in [6.07, 6.45) is 1.36. The van der Waals surface area contributed by atoms with Gasteiger partial charge in [-0.2, -0.15) is 0 Å². The number of nitro groups is 1. The third-order valence-electron chi connectivity index (χ3n) is 3.95. The van der Waals surface area contributed by atoms with Crippen molar-refractivity contribution in [3.63, 3.8) is 0 Å². The average Bonchev–Trinajstić information content (AvgIpc) is 2.79. The predicted octanol–water partition coefficient (Wildman–Crippen LogP) is 0.798. The first-order valence-corrected chi connectivity index (χ1v) is 10.8. The minimum absolute atomic E-state index is 0.0472. The van der Waals surface area contributed by atoms with Gasteiger partial charge in [0.25, 0.3) is 17.5 Å². The van der Waals surface area contributed by atoms with Crippen molar-refractivity contribution in [1.82, 2.24) is 15.6 Å². The minimum atomic E-state index is -3.92. The van der Waals surface area contributed by atoms with Crippen LogP contribution in [0.4, 0.5) is 5.69 Å². The molecule has 2 amide bonds. The zero-order chi connectivity index (χ0) is 24.4. The number of esters is 1. The van der Waals surface area contributed by atoms with Gasteiger partial charge in [0, 0.05) is 23.1 Å². The summed E-state index contributed by atoms with van der Waals surface area (Å²) in [5, 5.41) is 11.5. The monoisotopic (exact) mass is 476 g/mol. The third kappa shape index (κ3) is 8.88. The van der Waals surface area contributed by atoms with E-state index in [1.165, 1.54) is 18.2 Å². The predicted molar refractivity (Wildman–Crippen MR) is 117 cm³/mol. The van der Waals surface area contributed by atoms with E-state index in [1.807, 2.05) is 34.6 Å². The van der Waals surface area contributed by atoms with E-state index in [9.17, 15) is 32.9 Å². The fourth-order valence-corrected chi connectivity index (χ4v) is 2.97. The number of nitro benzene ring substituents is 1. The van der Waals surface area contributed by atoms with E-state index in [-0.39, 0.29) is 11.3 Å². The van der Waals surface area contributed by atoms with E-state index in [1.54, 1.807) is 12.1 Å². The Morgan fingerprint density at radius 3 is 2.27 bits per heavy atom. The highest BCUT2D eigenvalue weighted by atomic mass is 32.2. The number of rotatable bonds is 9. The van der Waals surface area contributed by atoms with Crippen LogP contribution in [0.25, 0.3) is 6.08 Å². The Morgan fingerprint density at radius 2 is 1.67 bits per heavy atom. The molecule has 12 nitrogen and oxygen atoms in total. The quantitative estimate of drug-likeness (QED) is 0.271. The van der Waals surface area contributed by atoms with Crippen LogP contribution in [-0.2, 0) is 24.3 Å². The number of ether oxygens (including phenoxy) is 1. The number of benzene rings is 2. The molecule has 3 N–H and O–H groups in total. The van der Waals surface area contributed by atoms with Crippen LogP contribution in [0.2, 0.25) is 0 Å². The maximum atomic E-state index is 11.9. The number of sulfonamides is 1. The third-order valence-corrected chi connectivity index (χ3v) is 5.00. The first kappa shape index (κ1) is 25.2. The fraction of sp³-hybridized carbons (Fsp3) is 0.150. The number of hydrogen-bond acceptors (Lipinski definition) is 8. The number of nitrogens with zero attached hydrogens (tertiary/aromatic N) is 1. The number of carbonyl (C=O) groups is 3. The Balaban J connectivity index is 1.71. The number of hydrogen-bond donors (Lipinski definition) is 3. The van der Waals surface area contributed by atoms with Crippen LogP contribution in [0.3, 0.4) is 0 Å². The maximum absolute atomic E-state index is 11.9. The molecule has 2 aromatic carbocycles. The lowest BCUT2D eigenvalue weighted by molar-refractivity contribution is -0.384. The second kappa shape index (κ2) is 11.5. The van der Waals surface area contributed by atoms with Gasteiger partial charge in [0.05, 0.1) is 4.92 Å². The van der Waals surface area contributed by atoms with Gasteiger partial charge in [-0.25, -0.2) is 13.1 Å². The molecule has 0 atom stereocenters. The first-order valence-electron chi connectivity index (χ1n) is 9.29. The van der Waals surface area contributed by atoms with Crippen molar-refractivity contribution in [2.45, 2.75) is 6.92 Å². The fourth-order valence-electron chi connectivity index (χ4n) is 2.22. The van der Waals surface area contributed by atoms with Gasteiger partial charge in [0.15, 0.2) is 6.61 Å². The van der Waals surface area contributed by atoms with Gasteiger partial charge in [-0.3, -0.25) is 35.3 Å². The van der Waals surface area contributed by atoms with Crippen LogP contribution in [0, 0.1) is 17.0 Å². The summed E-state index contributed by atoms with van der Waals surface area (Å²) in [6, 6.07) is 11.7. The molecule has 0 aromatic heterocycles. The summed E-state index contributed by atoms with van der Waals surface area (Å²) in [5.74, 6) is -2.66. The zero-order valence-electron chi connectivity index (χ0n) is 17.3. The summed E-state index contributed by atoms with van der Waals surface area (Å²) in [5.41, 5.74) is 5.55. The summed E-state index contributed by atoms with van der Waals surface area (Å²) in [7, 11) is -3.92. The molecule has 0 saturated heterocycles. The Hall–Kier alpha value is -4.10. The number of carbonyl (C=O) groups excluding carboxylic acids is 3. The van der Waals surface area contributed by atoms with E-state index in [4.69, 9.17) is 0 Å². The average molecular weight is 476 g/mol. The Kier molecular flexibility index (Phi) is 8.77. The highest BCUT2D eigenvalue weighted by Gasteiger charge is 2.13. The van der Waals surface area contributed by atoms with Gasteiger partial charge >= 0.3 is 5.97 Å². The van der Waals surface area contributed by atoms with Crippen molar-refractivity contribution in [2.24, 2.45) is 0 Å². The van der Waals surface area contributed by atoms with Gasteiger partial charge in [-0.1, -0.05) is 29.8 Å². The van der Waals surface area contributed by atoms with Gasteiger partial charge in [0.1, 0.15) is 6.54 Å². The van der Waals surface area contributed by atoms with Gasteiger partial charge < -0.3 is 4.74 Å². The van der Waals surface area contributed by atoms with Crippen LogP contribution in [0.5, 0.6) is 0 Å². The molecule has 33 heavy (non-hydrogen) atoms. The lowest BCUT2D eigenvalue weighted by Gasteiger charge is -2.08. The van der Waals surface area contributed by atoms with Crippen molar-refractivity contribution in [1.29, 1.82) is 0 Å². The normalized spacial score (nSPS) is 11.1. The number of aryl methyl sites for hydroxylation is 1. The number of amides is 2. The highest BCUT2D eigenvalue weighted by Crippen LogP contribution is 2.11. The van der Waals surface area contributed by atoms with Gasteiger partial charge in [-0.05, 0) is 30.7 Å². The van der Waals surface area contributed by atoms with E-state index in [0.717, 1.165) is 23.1 Å². The molecule has 0 aliphatic rings. The van der Waals surface area contributed by atoms with Crippen LogP contribution in [0.1, 0.15) is 21.5 Å². The number of non-ortho nitro benzene ring substituents is 1. The Bertz CT molecular complexity index is 1160. The second-order valence-electron chi connectivity index (χ2n) is 6.55. The zero-order valence-corrected chi connectivity index (χ0v) is 18.1. The number of hydrazine groups is 1. The Labute approximate surface area is 188 Å². The Morgan fingerprint density at radius 1 is 1.03 bits per heavy atom. The standard InChI is InChI=1S/C20H20N4O8S/c1-14-2-4-15(5-3-14)10-11-33(30,31)21-12-19(26)32-13-18(25)22-23-20(27)16-6-8-17(9-7-16)24(28)29/h2-11,21H,12-13H2,1H3,(H,22,25)(H,23,27)/b11-10+. The molecule has 174 valence electrons. The molecular weight excluding hydrogens is 456 g/mol. The molecule has 0 aliphatic heterocycles. The topological polar surface area (TPSA) is 174 Å². The molecule has 0 unspecified atom stereocenters. The van der Waals surface area contributed by atoms with Crippen LogP contribution in [-0.4, -0.2) is 44.3 Å². The van der Waals surface area contributed by atoms with E-state index in [0.29, 0.717) is 5.56 Å². The minimum Gasteiger partial charge on any atom is -0.455 e. The summed E-state index contributed by atoms with van der Waals surface area (Å²) >= 11 is 0. The molecule has 0 bridgehead atoms. The molecule has 0 fully saturated rings. The summed E-state index contributed by atoms with van der Waals surface area (Å²) < 4.78 is 30.5. The van der Waals surface area contributed by atoms with Crippen LogP contribution in [0.15, 0.2) is 53.9 Å². The maximum Gasteiger partial charge on any atom is 0.321 e. The van der Waals surface area contributed by atoms with Crippen molar-refractivity contribution in [2.75, 3.05) is 13.2 Å². The highest BCUT2D eigenvalue weighted by molar-refractivity contribution is 7.92. The molecule has 0 aliphatic carbocycles. The molecular formula is C20H20N4O8S. The molecule has 0 spiro atoms. The van der Waals surface area contributed by atoms with Gasteiger partial charge in [0.2, 0.25) is 10.0 Å². The van der Waals surface area contributed by atoms with Crippen LogP contribution < -0.4 is 15.6 Å². The van der Waals surface area contributed by atoms with E-state index >= 15 is 0 Å². The van der Waals surface area contributed by atoms with Crippen molar-refractivity contribution in [3.8, 4) is 0 Å². The van der Waals surface area contributed by atoms with Crippen molar-refractivity contribution < 1.29 is 32.5 Å². The number of nitrogens with one attached hydrogen (secondary N) is 3. The van der Waals surface area contributed by atoms with E-state index < -0.39 is 45.9 Å². The lowest BCUT2D eigenvalue weighted by atomic mass is 10.2. The second-order valence-corrected chi connectivity index (χ2v) is 8.20. The molecule has 13 heteroatoms. The molecule has 2 rings (SSSR count). The van der Waals surface area contributed by atoms with Crippen LogP contribution >= 0.6 is 0 Å². The summed E-state index contributed by atoms with van der Waals surface area (Å²) in [4.78, 5) is 45.2. The summed E-state index contributed by atoms with van der Waals surface area (Å²) in [6.45, 7) is 0.411. The molecule has 0 radical (unpaired) electrons.